The lowest BCUT2D eigenvalue weighted by atomic mass is 9.72. The van der Waals surface area contributed by atoms with Gasteiger partial charge in [-0.1, -0.05) is 51.1 Å². The van der Waals surface area contributed by atoms with Crippen molar-refractivity contribution in [3.8, 4) is 11.3 Å². The minimum Gasteiger partial charge on any atom is -0.457 e. The summed E-state index contributed by atoms with van der Waals surface area (Å²) in [5.41, 5.74) is 8.34. The third-order valence-corrected chi connectivity index (χ3v) is 7.66. The summed E-state index contributed by atoms with van der Waals surface area (Å²) >= 11 is 6.83. The first-order valence-electron chi connectivity index (χ1n) is 11.5. The molecule has 0 bridgehead atoms. The molecular weight excluding hydrogens is 478 g/mol. The second kappa shape index (κ2) is 10.2. The van der Waals surface area contributed by atoms with Gasteiger partial charge in [0.1, 0.15) is 16.5 Å². The van der Waals surface area contributed by atoms with E-state index in [-0.39, 0.29) is 10.5 Å². The second-order valence-electron chi connectivity index (χ2n) is 9.72. The summed E-state index contributed by atoms with van der Waals surface area (Å²) in [5, 5.41) is 6.34. The molecule has 1 aliphatic carbocycles. The average Bonchev–Trinajstić information content (AvgIpc) is 3.41. The first kappa shape index (κ1) is 24.9. The number of hydrogen-bond donors (Lipinski definition) is 3. The van der Waals surface area contributed by atoms with E-state index in [0.717, 1.165) is 41.0 Å². The molecule has 1 aromatic carbocycles. The molecule has 0 radical (unpaired) electrons. The fourth-order valence-electron chi connectivity index (χ4n) is 4.32. The Morgan fingerprint density at radius 3 is 2.60 bits per heavy atom. The Morgan fingerprint density at radius 1 is 1.17 bits per heavy atom. The number of anilines is 1. The molecule has 2 amide bonds. The number of amides is 2. The van der Waals surface area contributed by atoms with Crippen molar-refractivity contribution in [3.63, 3.8) is 0 Å². The van der Waals surface area contributed by atoms with Crippen molar-refractivity contribution in [2.75, 3.05) is 5.32 Å². The minimum atomic E-state index is -0.486. The Morgan fingerprint density at radius 2 is 1.91 bits per heavy atom. The van der Waals surface area contributed by atoms with E-state index in [1.807, 2.05) is 36.4 Å². The standard InChI is InChI=1S/C27H29N3O3S2/c1-27(2,3)17-9-12-19-21(15-17)35-25(23(19)24(28)32)30-26(34)29-22(31)14-11-18-10-13-20(33-18)16-7-5-4-6-8-16/h4-8,10-11,13-14,17H,9,12,15H2,1-3H3,(H2,28,32)(H2,29,30,31,34)/b14-11+/t17-/m0/s1. The zero-order valence-corrected chi connectivity index (χ0v) is 21.6. The van der Waals surface area contributed by atoms with Gasteiger partial charge in [0.15, 0.2) is 5.11 Å². The quantitative estimate of drug-likeness (QED) is 0.300. The lowest BCUT2D eigenvalue weighted by Crippen LogP contribution is -2.33. The molecule has 0 saturated carbocycles. The molecule has 1 aliphatic rings. The van der Waals surface area contributed by atoms with E-state index in [1.54, 1.807) is 12.1 Å². The highest BCUT2D eigenvalue weighted by Crippen LogP contribution is 2.44. The van der Waals surface area contributed by atoms with E-state index in [1.165, 1.54) is 17.4 Å². The fraction of sp³-hybridized carbons (Fsp3) is 0.296. The summed E-state index contributed by atoms with van der Waals surface area (Å²) < 4.78 is 5.78. The van der Waals surface area contributed by atoms with Crippen LogP contribution in [0.15, 0.2) is 53.0 Å². The zero-order valence-electron chi connectivity index (χ0n) is 20.0. The molecule has 0 fully saturated rings. The van der Waals surface area contributed by atoms with Gasteiger partial charge in [-0.25, -0.2) is 0 Å². The number of primary amides is 1. The van der Waals surface area contributed by atoms with Gasteiger partial charge >= 0.3 is 0 Å². The minimum absolute atomic E-state index is 0.109. The van der Waals surface area contributed by atoms with Crippen LogP contribution in [0.5, 0.6) is 0 Å². The Labute approximate surface area is 214 Å². The highest BCUT2D eigenvalue weighted by atomic mass is 32.1. The Kier molecular flexibility index (Phi) is 7.23. The van der Waals surface area contributed by atoms with Gasteiger partial charge in [0.2, 0.25) is 5.91 Å². The molecule has 8 heteroatoms. The Balaban J connectivity index is 1.40. The van der Waals surface area contributed by atoms with Crippen molar-refractivity contribution in [1.29, 1.82) is 0 Å². The number of thiocarbonyl (C=S) groups is 1. The number of carbonyl (C=O) groups is 2. The summed E-state index contributed by atoms with van der Waals surface area (Å²) in [7, 11) is 0. The van der Waals surface area contributed by atoms with Gasteiger partial charge in [-0.05, 0) is 66.6 Å². The summed E-state index contributed by atoms with van der Waals surface area (Å²) in [5.74, 6) is 0.906. The molecule has 0 aliphatic heterocycles. The molecule has 3 aromatic rings. The SMILES string of the molecule is CC(C)(C)[C@H]1CCc2c(sc(NC(=S)NC(=O)/C=C/c3ccc(-c4ccccc4)o3)c2C(N)=O)C1. The van der Waals surface area contributed by atoms with Crippen LogP contribution in [0, 0.1) is 11.3 Å². The predicted octanol–water partition coefficient (Wildman–Crippen LogP) is 5.78. The van der Waals surface area contributed by atoms with Crippen LogP contribution >= 0.6 is 23.6 Å². The monoisotopic (exact) mass is 507 g/mol. The van der Waals surface area contributed by atoms with Crippen LogP contribution < -0.4 is 16.4 Å². The van der Waals surface area contributed by atoms with Crippen LogP contribution in [-0.4, -0.2) is 16.9 Å². The van der Waals surface area contributed by atoms with E-state index in [9.17, 15) is 9.59 Å². The van der Waals surface area contributed by atoms with Crippen molar-refractivity contribution in [2.45, 2.75) is 40.0 Å². The third-order valence-electron chi connectivity index (χ3n) is 6.28. The molecular formula is C27H29N3O3S2. The summed E-state index contributed by atoms with van der Waals surface area (Å²) in [6.07, 6.45) is 5.66. The van der Waals surface area contributed by atoms with E-state index < -0.39 is 11.8 Å². The second-order valence-corrected chi connectivity index (χ2v) is 11.2. The van der Waals surface area contributed by atoms with Gasteiger partial charge in [-0.2, -0.15) is 0 Å². The predicted molar refractivity (Wildman–Crippen MR) is 145 cm³/mol. The van der Waals surface area contributed by atoms with Gasteiger partial charge in [0, 0.05) is 16.5 Å². The molecule has 0 saturated heterocycles. The van der Waals surface area contributed by atoms with Crippen molar-refractivity contribution < 1.29 is 14.0 Å². The molecule has 0 spiro atoms. The lowest BCUT2D eigenvalue weighted by molar-refractivity contribution is -0.115. The molecule has 182 valence electrons. The van der Waals surface area contributed by atoms with E-state index in [2.05, 4.69) is 31.4 Å². The number of benzene rings is 1. The van der Waals surface area contributed by atoms with Gasteiger partial charge in [-0.3, -0.25) is 14.9 Å². The van der Waals surface area contributed by atoms with Crippen molar-refractivity contribution in [1.82, 2.24) is 5.32 Å². The molecule has 4 rings (SSSR count). The number of nitrogens with two attached hydrogens (primary N) is 1. The summed E-state index contributed by atoms with van der Waals surface area (Å²) in [6.45, 7) is 6.73. The zero-order chi connectivity index (χ0) is 25.2. The normalized spacial score (nSPS) is 15.6. The Hall–Kier alpha value is -3.23. The van der Waals surface area contributed by atoms with Crippen LogP contribution in [0.3, 0.4) is 0 Å². The van der Waals surface area contributed by atoms with Gasteiger partial charge < -0.3 is 15.5 Å². The van der Waals surface area contributed by atoms with Crippen LogP contribution in [0.1, 0.15) is 53.8 Å². The van der Waals surface area contributed by atoms with E-state index in [4.69, 9.17) is 22.4 Å². The van der Waals surface area contributed by atoms with Crippen molar-refractivity contribution >= 4 is 51.6 Å². The maximum absolute atomic E-state index is 12.4. The molecule has 0 unspecified atom stereocenters. The van der Waals surface area contributed by atoms with E-state index >= 15 is 0 Å². The topological polar surface area (TPSA) is 97.4 Å². The highest BCUT2D eigenvalue weighted by molar-refractivity contribution is 7.80. The molecule has 2 aromatic heterocycles. The third kappa shape index (κ3) is 5.89. The number of hydrogen-bond acceptors (Lipinski definition) is 5. The number of nitrogens with one attached hydrogen (secondary N) is 2. The van der Waals surface area contributed by atoms with Gasteiger partial charge in [0.25, 0.3) is 5.91 Å². The van der Waals surface area contributed by atoms with Crippen LogP contribution in [0.25, 0.3) is 17.4 Å². The van der Waals surface area contributed by atoms with Crippen LogP contribution in [-0.2, 0) is 17.6 Å². The molecule has 1 atom stereocenters. The van der Waals surface area contributed by atoms with Gasteiger partial charge in [-0.15, -0.1) is 11.3 Å². The largest absolute Gasteiger partial charge is 0.457 e. The van der Waals surface area contributed by atoms with Crippen LogP contribution in [0.2, 0.25) is 0 Å². The number of carbonyl (C=O) groups excluding carboxylic acids is 2. The first-order chi connectivity index (χ1) is 16.6. The number of fused-ring (bicyclic) bond motifs is 1. The number of furan rings is 1. The lowest BCUT2D eigenvalue weighted by Gasteiger charge is -2.33. The molecule has 35 heavy (non-hydrogen) atoms. The molecule has 2 heterocycles. The maximum atomic E-state index is 12.4. The number of rotatable bonds is 5. The summed E-state index contributed by atoms with van der Waals surface area (Å²) in [4.78, 5) is 25.8. The molecule has 4 N–H and O–H groups in total. The smallest absolute Gasteiger partial charge is 0.251 e. The first-order valence-corrected chi connectivity index (χ1v) is 12.7. The fourth-order valence-corrected chi connectivity index (χ4v) is 5.92. The van der Waals surface area contributed by atoms with Gasteiger partial charge in [0.05, 0.1) is 5.56 Å². The molecule has 6 nitrogen and oxygen atoms in total. The Bertz CT molecular complexity index is 1280. The van der Waals surface area contributed by atoms with Crippen molar-refractivity contribution in [2.24, 2.45) is 17.1 Å². The summed E-state index contributed by atoms with van der Waals surface area (Å²) in [6, 6.07) is 13.4. The average molecular weight is 508 g/mol. The maximum Gasteiger partial charge on any atom is 0.251 e. The van der Waals surface area contributed by atoms with Crippen LogP contribution in [0.4, 0.5) is 5.00 Å². The van der Waals surface area contributed by atoms with E-state index in [0.29, 0.717) is 22.2 Å². The van der Waals surface area contributed by atoms with Crippen molar-refractivity contribution in [3.05, 3.63) is 70.3 Å². The number of thiophene rings is 1. The highest BCUT2D eigenvalue weighted by Gasteiger charge is 2.33.